The van der Waals surface area contributed by atoms with Crippen LogP contribution in [0.2, 0.25) is 0 Å². The van der Waals surface area contributed by atoms with Crippen LogP contribution in [0.1, 0.15) is 31.2 Å². The lowest BCUT2D eigenvalue weighted by atomic mass is 10.1. The van der Waals surface area contributed by atoms with Crippen LogP contribution in [0.15, 0.2) is 35.3 Å². The maximum absolute atomic E-state index is 5.95. The lowest BCUT2D eigenvalue weighted by Gasteiger charge is -2.23. The average Bonchev–Trinajstić information content (AvgIpc) is 3.26. The molecular formula is C22H34N4O. The van der Waals surface area contributed by atoms with Gasteiger partial charge >= 0.3 is 0 Å². The predicted molar refractivity (Wildman–Crippen MR) is 110 cm³/mol. The number of benzene rings is 1. The highest BCUT2D eigenvalue weighted by Crippen LogP contribution is 2.31. The third kappa shape index (κ3) is 5.23. The molecule has 148 valence electrons. The molecule has 2 saturated heterocycles. The summed E-state index contributed by atoms with van der Waals surface area (Å²) >= 11 is 0. The monoisotopic (exact) mass is 370 g/mol. The van der Waals surface area contributed by atoms with Gasteiger partial charge in [0, 0.05) is 45.2 Å². The van der Waals surface area contributed by atoms with E-state index in [1.54, 1.807) is 0 Å². The van der Waals surface area contributed by atoms with E-state index in [9.17, 15) is 0 Å². The zero-order valence-electron chi connectivity index (χ0n) is 16.6. The first-order chi connectivity index (χ1) is 13.3. The fraction of sp³-hybridized carbons (Fsp3) is 0.682. The van der Waals surface area contributed by atoms with Gasteiger partial charge in [-0.05, 0) is 43.7 Å². The maximum Gasteiger partial charge on any atom is 0.193 e. The van der Waals surface area contributed by atoms with Crippen LogP contribution < -0.4 is 5.32 Å². The van der Waals surface area contributed by atoms with Crippen LogP contribution in [-0.2, 0) is 11.3 Å². The van der Waals surface area contributed by atoms with E-state index in [2.05, 4.69) is 44.4 Å². The summed E-state index contributed by atoms with van der Waals surface area (Å²) in [7, 11) is 1.91. The Kier molecular flexibility index (Phi) is 6.30. The van der Waals surface area contributed by atoms with Gasteiger partial charge in [0.05, 0.1) is 13.2 Å². The average molecular weight is 371 g/mol. The van der Waals surface area contributed by atoms with Gasteiger partial charge in [-0.25, -0.2) is 0 Å². The van der Waals surface area contributed by atoms with Crippen molar-refractivity contribution in [2.45, 2.75) is 38.3 Å². The highest BCUT2D eigenvalue weighted by atomic mass is 16.5. The summed E-state index contributed by atoms with van der Waals surface area (Å²) in [4.78, 5) is 9.63. The van der Waals surface area contributed by atoms with E-state index >= 15 is 0 Å². The molecular weight excluding hydrogens is 336 g/mol. The Labute approximate surface area is 163 Å². The van der Waals surface area contributed by atoms with Gasteiger partial charge in [0.15, 0.2) is 5.96 Å². The summed E-state index contributed by atoms with van der Waals surface area (Å²) < 4.78 is 5.95. The number of likely N-dealkylation sites (tertiary alicyclic amines) is 2. The van der Waals surface area contributed by atoms with Gasteiger partial charge in [0.25, 0.3) is 0 Å². The fourth-order valence-electron chi connectivity index (χ4n) is 4.45. The molecule has 2 aliphatic heterocycles. The first kappa shape index (κ1) is 18.8. The van der Waals surface area contributed by atoms with Gasteiger partial charge in [-0.3, -0.25) is 4.99 Å². The highest BCUT2D eigenvalue weighted by Gasteiger charge is 2.34. The third-order valence-corrected chi connectivity index (χ3v) is 6.19. The van der Waals surface area contributed by atoms with Crippen molar-refractivity contribution in [3.63, 3.8) is 0 Å². The minimum atomic E-state index is 0.601. The molecule has 1 aromatic carbocycles. The van der Waals surface area contributed by atoms with Crippen molar-refractivity contribution in [1.29, 1.82) is 0 Å². The smallest absolute Gasteiger partial charge is 0.193 e. The highest BCUT2D eigenvalue weighted by molar-refractivity contribution is 5.80. The molecule has 4 rings (SSSR count). The Bertz CT molecular complexity index is 616. The Balaban J connectivity index is 1.16. The molecule has 1 aromatic rings. The second-order valence-electron chi connectivity index (χ2n) is 8.41. The molecule has 1 aliphatic carbocycles. The van der Waals surface area contributed by atoms with Gasteiger partial charge < -0.3 is 19.9 Å². The quantitative estimate of drug-likeness (QED) is 0.592. The molecule has 2 atom stereocenters. The van der Waals surface area contributed by atoms with Crippen molar-refractivity contribution < 1.29 is 4.74 Å². The van der Waals surface area contributed by atoms with Gasteiger partial charge in [-0.2, -0.15) is 0 Å². The van der Waals surface area contributed by atoms with Gasteiger partial charge in [-0.1, -0.05) is 30.3 Å². The molecule has 3 aliphatic rings. The van der Waals surface area contributed by atoms with Crippen LogP contribution in [0.4, 0.5) is 0 Å². The maximum atomic E-state index is 5.95. The number of guanidine groups is 1. The summed E-state index contributed by atoms with van der Waals surface area (Å²) in [6, 6.07) is 11.3. The van der Waals surface area contributed by atoms with Crippen LogP contribution in [0.3, 0.4) is 0 Å². The number of ether oxygens (including phenoxy) is 1. The van der Waals surface area contributed by atoms with Crippen molar-refractivity contribution in [2.75, 3.05) is 46.4 Å². The van der Waals surface area contributed by atoms with Crippen molar-refractivity contribution in [3.8, 4) is 0 Å². The first-order valence-corrected chi connectivity index (χ1v) is 10.6. The van der Waals surface area contributed by atoms with E-state index in [1.165, 1.54) is 44.3 Å². The number of hydrogen-bond donors (Lipinski definition) is 1. The van der Waals surface area contributed by atoms with Crippen LogP contribution in [0.25, 0.3) is 0 Å². The summed E-state index contributed by atoms with van der Waals surface area (Å²) in [6.07, 6.45) is 5.36. The summed E-state index contributed by atoms with van der Waals surface area (Å²) in [5.74, 6) is 2.45. The van der Waals surface area contributed by atoms with E-state index < -0.39 is 0 Å². The molecule has 27 heavy (non-hydrogen) atoms. The second-order valence-corrected chi connectivity index (χ2v) is 8.41. The SMILES string of the molecule is CN=C(NCC1CCN(C2CC2)C1)N1CCC(COCc2ccccc2)C1. The van der Waals surface area contributed by atoms with Crippen LogP contribution in [0.5, 0.6) is 0 Å². The van der Waals surface area contributed by atoms with E-state index in [-0.39, 0.29) is 0 Å². The van der Waals surface area contributed by atoms with E-state index in [0.717, 1.165) is 44.2 Å². The first-order valence-electron chi connectivity index (χ1n) is 10.6. The molecule has 0 aromatic heterocycles. The molecule has 5 heteroatoms. The molecule has 3 fully saturated rings. The van der Waals surface area contributed by atoms with Crippen LogP contribution >= 0.6 is 0 Å². The van der Waals surface area contributed by atoms with Crippen LogP contribution in [-0.4, -0.2) is 68.2 Å². The van der Waals surface area contributed by atoms with Crippen LogP contribution in [0, 0.1) is 11.8 Å². The summed E-state index contributed by atoms with van der Waals surface area (Å²) in [5.41, 5.74) is 1.25. The second kappa shape index (κ2) is 9.07. The minimum Gasteiger partial charge on any atom is -0.376 e. The lowest BCUT2D eigenvalue weighted by Crippen LogP contribution is -2.42. The van der Waals surface area contributed by atoms with Gasteiger partial charge in [-0.15, -0.1) is 0 Å². The minimum absolute atomic E-state index is 0.601. The summed E-state index contributed by atoms with van der Waals surface area (Å²) in [5, 5.41) is 3.64. The number of rotatable bonds is 7. The number of hydrogen-bond acceptors (Lipinski definition) is 3. The standard InChI is InChI=1S/C22H34N4O/c1-23-22(24-13-19-9-11-25(14-19)21-7-8-21)26-12-10-20(15-26)17-27-16-18-5-3-2-4-6-18/h2-6,19-21H,7-17H2,1H3,(H,23,24). The molecule has 0 bridgehead atoms. The largest absolute Gasteiger partial charge is 0.376 e. The zero-order chi connectivity index (χ0) is 18.5. The number of aliphatic imine (C=N–C) groups is 1. The fourth-order valence-corrected chi connectivity index (χ4v) is 4.45. The molecule has 2 heterocycles. The predicted octanol–water partition coefficient (Wildman–Crippen LogP) is 2.58. The molecule has 0 spiro atoms. The van der Waals surface area contributed by atoms with Gasteiger partial charge in [0.2, 0.25) is 0 Å². The molecule has 0 radical (unpaired) electrons. The number of nitrogens with one attached hydrogen (secondary N) is 1. The summed E-state index contributed by atoms with van der Waals surface area (Å²) in [6.45, 7) is 7.29. The molecule has 5 nitrogen and oxygen atoms in total. The van der Waals surface area contributed by atoms with Crippen molar-refractivity contribution >= 4 is 5.96 Å². The van der Waals surface area contributed by atoms with Crippen molar-refractivity contribution in [2.24, 2.45) is 16.8 Å². The normalized spacial score (nSPS) is 26.7. The Morgan fingerprint density at radius 3 is 2.67 bits per heavy atom. The molecule has 2 unspecified atom stereocenters. The third-order valence-electron chi connectivity index (χ3n) is 6.19. The Morgan fingerprint density at radius 1 is 1.07 bits per heavy atom. The topological polar surface area (TPSA) is 40.1 Å². The lowest BCUT2D eigenvalue weighted by molar-refractivity contribution is 0.0906. The molecule has 1 N–H and O–H groups in total. The van der Waals surface area contributed by atoms with E-state index in [0.29, 0.717) is 12.5 Å². The Hall–Kier alpha value is -1.59. The van der Waals surface area contributed by atoms with Crippen molar-refractivity contribution in [3.05, 3.63) is 35.9 Å². The zero-order valence-corrected chi connectivity index (χ0v) is 16.6. The van der Waals surface area contributed by atoms with Gasteiger partial charge in [0.1, 0.15) is 0 Å². The molecule has 1 saturated carbocycles. The number of nitrogens with zero attached hydrogens (tertiary/aromatic N) is 3. The Morgan fingerprint density at radius 2 is 1.89 bits per heavy atom. The van der Waals surface area contributed by atoms with E-state index in [1.807, 2.05) is 13.1 Å². The van der Waals surface area contributed by atoms with E-state index in [4.69, 9.17) is 4.74 Å². The van der Waals surface area contributed by atoms with Crippen molar-refractivity contribution in [1.82, 2.24) is 15.1 Å². The molecule has 0 amide bonds.